The minimum Gasteiger partial charge on any atom is -0.311 e. The molecule has 0 radical (unpaired) electrons. The number of fused-ring (bicyclic) bond motifs is 2. The lowest BCUT2D eigenvalue weighted by atomic mass is 10.0. The first-order valence-corrected chi connectivity index (χ1v) is 7.93. The number of hydrogen-bond acceptors (Lipinski definition) is 3. The van der Waals surface area contributed by atoms with Gasteiger partial charge in [-0.3, -0.25) is 9.59 Å². The molecule has 24 heavy (non-hydrogen) atoms. The number of anilines is 2. The summed E-state index contributed by atoms with van der Waals surface area (Å²) in [5, 5.41) is 0. The van der Waals surface area contributed by atoms with Gasteiger partial charge in [-0.2, -0.15) is 0 Å². The Kier molecular flexibility index (Phi) is 4.36. The Morgan fingerprint density at radius 1 is 0.833 bits per heavy atom. The molecule has 1 aliphatic rings. The Bertz CT molecular complexity index is 786. The van der Waals surface area contributed by atoms with Gasteiger partial charge < -0.3 is 14.7 Å². The summed E-state index contributed by atoms with van der Waals surface area (Å²) < 4.78 is 0. The van der Waals surface area contributed by atoms with Gasteiger partial charge in [0.15, 0.2) is 0 Å². The first-order valence-electron chi connectivity index (χ1n) is 7.93. The van der Waals surface area contributed by atoms with Crippen molar-refractivity contribution in [1.82, 2.24) is 4.90 Å². The van der Waals surface area contributed by atoms with Gasteiger partial charge in [0, 0.05) is 20.1 Å². The van der Waals surface area contributed by atoms with E-state index in [1.165, 1.54) is 0 Å². The number of benzene rings is 2. The number of nitrogens with zero attached hydrogens (tertiary/aromatic N) is 3. The van der Waals surface area contributed by atoms with Crippen LogP contribution in [0.15, 0.2) is 48.5 Å². The summed E-state index contributed by atoms with van der Waals surface area (Å²) in [5.41, 5.74) is 2.38. The molecule has 0 saturated carbocycles. The summed E-state index contributed by atoms with van der Waals surface area (Å²) in [4.78, 5) is 31.4. The number of hydrogen-bond donors (Lipinski definition) is 0. The van der Waals surface area contributed by atoms with E-state index < -0.39 is 0 Å². The highest BCUT2D eigenvalue weighted by molar-refractivity contribution is 6.20. The van der Waals surface area contributed by atoms with Crippen molar-refractivity contribution < 1.29 is 9.59 Å². The van der Waals surface area contributed by atoms with Crippen LogP contribution >= 0.6 is 0 Å². The molecular formula is C19H21N3O2. The number of carbonyl (C=O) groups is 2. The van der Waals surface area contributed by atoms with Gasteiger partial charge >= 0.3 is 0 Å². The average molecular weight is 323 g/mol. The monoisotopic (exact) mass is 323 g/mol. The largest absolute Gasteiger partial charge is 0.311 e. The SMILES string of the molecule is CN(C)CCN1C(=O)c2ccccc2N(C)C(=O)c2ccccc21. The van der Waals surface area contributed by atoms with Crippen LogP contribution in [0.1, 0.15) is 20.7 Å². The number of likely N-dealkylation sites (N-methyl/N-ethyl adjacent to an activating group) is 1. The van der Waals surface area contributed by atoms with Crippen molar-refractivity contribution in [2.24, 2.45) is 0 Å². The smallest absolute Gasteiger partial charge is 0.260 e. The van der Waals surface area contributed by atoms with Crippen LogP contribution in [0.4, 0.5) is 11.4 Å². The van der Waals surface area contributed by atoms with Crippen LogP contribution in [0.5, 0.6) is 0 Å². The molecule has 2 aromatic carbocycles. The standard InChI is InChI=1S/C19H21N3O2/c1-20(2)12-13-22-17-11-7-5-9-15(17)18(23)21(3)16-10-6-4-8-14(16)19(22)24/h4-11H,12-13H2,1-3H3. The van der Waals surface area contributed by atoms with E-state index in [9.17, 15) is 9.59 Å². The zero-order valence-electron chi connectivity index (χ0n) is 14.2. The molecule has 0 unspecified atom stereocenters. The second-order valence-electron chi connectivity index (χ2n) is 6.16. The van der Waals surface area contributed by atoms with E-state index in [-0.39, 0.29) is 11.8 Å². The Hall–Kier alpha value is -2.66. The molecule has 2 aromatic rings. The molecule has 124 valence electrons. The molecule has 0 bridgehead atoms. The molecule has 1 heterocycles. The van der Waals surface area contributed by atoms with Crippen molar-refractivity contribution in [1.29, 1.82) is 0 Å². The highest BCUT2D eigenvalue weighted by atomic mass is 16.2. The van der Waals surface area contributed by atoms with Gasteiger partial charge in [-0.1, -0.05) is 24.3 Å². The minimum atomic E-state index is -0.111. The third kappa shape index (κ3) is 2.78. The number of rotatable bonds is 3. The van der Waals surface area contributed by atoms with Crippen LogP contribution in [-0.4, -0.2) is 50.9 Å². The molecule has 3 rings (SSSR count). The molecule has 0 saturated heterocycles. The topological polar surface area (TPSA) is 43.9 Å². The van der Waals surface area contributed by atoms with Crippen LogP contribution in [0.3, 0.4) is 0 Å². The fraction of sp³-hybridized carbons (Fsp3) is 0.263. The molecule has 2 amide bonds. The fourth-order valence-electron chi connectivity index (χ4n) is 2.90. The Balaban J connectivity index is 2.17. The minimum absolute atomic E-state index is 0.0840. The molecule has 5 nitrogen and oxygen atoms in total. The fourth-order valence-corrected chi connectivity index (χ4v) is 2.90. The lowest BCUT2D eigenvalue weighted by Gasteiger charge is -2.32. The summed E-state index contributed by atoms with van der Waals surface area (Å²) in [7, 11) is 5.64. The summed E-state index contributed by atoms with van der Waals surface area (Å²) >= 11 is 0. The van der Waals surface area contributed by atoms with Crippen molar-refractivity contribution in [2.45, 2.75) is 0 Å². The zero-order chi connectivity index (χ0) is 17.3. The van der Waals surface area contributed by atoms with E-state index in [4.69, 9.17) is 0 Å². The van der Waals surface area contributed by atoms with Crippen molar-refractivity contribution in [2.75, 3.05) is 44.0 Å². The maximum Gasteiger partial charge on any atom is 0.260 e. The first kappa shape index (κ1) is 16.2. The second kappa shape index (κ2) is 6.45. The van der Waals surface area contributed by atoms with Crippen LogP contribution < -0.4 is 9.80 Å². The average Bonchev–Trinajstić information content (AvgIpc) is 2.60. The number of para-hydroxylation sites is 2. The van der Waals surface area contributed by atoms with Gasteiger partial charge in [0.1, 0.15) is 0 Å². The highest BCUT2D eigenvalue weighted by Gasteiger charge is 2.30. The number of carbonyl (C=O) groups excluding carboxylic acids is 2. The lowest BCUT2D eigenvalue weighted by Crippen LogP contribution is -2.41. The van der Waals surface area contributed by atoms with E-state index in [0.29, 0.717) is 35.6 Å². The Morgan fingerprint density at radius 2 is 1.38 bits per heavy atom. The quantitative estimate of drug-likeness (QED) is 0.872. The molecule has 0 atom stereocenters. The van der Waals surface area contributed by atoms with E-state index in [1.807, 2.05) is 55.4 Å². The van der Waals surface area contributed by atoms with E-state index in [1.54, 1.807) is 29.0 Å². The van der Waals surface area contributed by atoms with Crippen molar-refractivity contribution >= 4 is 23.2 Å². The van der Waals surface area contributed by atoms with Crippen molar-refractivity contribution in [3.63, 3.8) is 0 Å². The van der Waals surface area contributed by atoms with Gasteiger partial charge in [-0.05, 0) is 38.4 Å². The van der Waals surface area contributed by atoms with E-state index in [2.05, 4.69) is 0 Å². The molecular weight excluding hydrogens is 302 g/mol. The molecule has 0 spiro atoms. The van der Waals surface area contributed by atoms with Gasteiger partial charge in [-0.15, -0.1) is 0 Å². The molecule has 0 aliphatic carbocycles. The Labute approximate surface area is 142 Å². The predicted molar refractivity (Wildman–Crippen MR) is 95.8 cm³/mol. The summed E-state index contributed by atoms with van der Waals surface area (Å²) in [6.45, 7) is 1.24. The van der Waals surface area contributed by atoms with Crippen LogP contribution in [-0.2, 0) is 0 Å². The third-order valence-electron chi connectivity index (χ3n) is 4.24. The maximum absolute atomic E-state index is 13.2. The third-order valence-corrected chi connectivity index (χ3v) is 4.24. The molecule has 0 N–H and O–H groups in total. The second-order valence-corrected chi connectivity index (χ2v) is 6.16. The molecule has 5 heteroatoms. The van der Waals surface area contributed by atoms with Crippen LogP contribution in [0.2, 0.25) is 0 Å². The van der Waals surface area contributed by atoms with Gasteiger partial charge in [0.2, 0.25) is 0 Å². The van der Waals surface area contributed by atoms with Crippen molar-refractivity contribution in [3.8, 4) is 0 Å². The molecule has 0 fully saturated rings. The van der Waals surface area contributed by atoms with Crippen LogP contribution in [0, 0.1) is 0 Å². The van der Waals surface area contributed by atoms with E-state index in [0.717, 1.165) is 0 Å². The molecule has 1 aliphatic heterocycles. The Morgan fingerprint density at radius 3 is 2.00 bits per heavy atom. The zero-order valence-corrected chi connectivity index (χ0v) is 14.2. The summed E-state index contributed by atoms with van der Waals surface area (Å²) in [6, 6.07) is 14.5. The van der Waals surface area contributed by atoms with Crippen molar-refractivity contribution in [3.05, 3.63) is 59.7 Å². The maximum atomic E-state index is 13.2. The van der Waals surface area contributed by atoms with E-state index >= 15 is 0 Å². The first-order chi connectivity index (χ1) is 11.5. The van der Waals surface area contributed by atoms with Crippen LogP contribution in [0.25, 0.3) is 0 Å². The highest BCUT2D eigenvalue weighted by Crippen LogP contribution is 2.31. The lowest BCUT2D eigenvalue weighted by molar-refractivity contribution is 0.0976. The van der Waals surface area contributed by atoms with Gasteiger partial charge in [0.25, 0.3) is 11.8 Å². The van der Waals surface area contributed by atoms with Gasteiger partial charge in [0.05, 0.1) is 22.5 Å². The molecule has 0 aromatic heterocycles. The predicted octanol–water partition coefficient (Wildman–Crippen LogP) is 2.49. The normalized spacial score (nSPS) is 14.3. The number of amides is 2. The van der Waals surface area contributed by atoms with Gasteiger partial charge in [-0.25, -0.2) is 0 Å². The summed E-state index contributed by atoms with van der Waals surface area (Å²) in [5.74, 6) is -0.195. The summed E-state index contributed by atoms with van der Waals surface area (Å²) in [6.07, 6.45) is 0.